The predicted octanol–water partition coefficient (Wildman–Crippen LogP) is 2.97. The SMILES string of the molecule is CCNC(CC(C)C)C1(C)CCCCO1. The Labute approximate surface area is 94.8 Å². The van der Waals surface area contributed by atoms with Gasteiger partial charge in [-0.15, -0.1) is 0 Å². The molecule has 2 nitrogen and oxygen atoms in total. The van der Waals surface area contributed by atoms with E-state index in [1.165, 1.54) is 25.7 Å². The zero-order chi connectivity index (χ0) is 11.3. The Bertz CT molecular complexity index is 173. The molecule has 1 heterocycles. The van der Waals surface area contributed by atoms with Gasteiger partial charge < -0.3 is 10.1 Å². The minimum atomic E-state index is 0.0680. The first kappa shape index (κ1) is 13.0. The molecular formula is C13H27NO. The molecule has 0 aliphatic carbocycles. The van der Waals surface area contributed by atoms with Crippen LogP contribution in [0.4, 0.5) is 0 Å². The van der Waals surface area contributed by atoms with Crippen LogP contribution in [-0.2, 0) is 4.74 Å². The quantitative estimate of drug-likeness (QED) is 0.758. The summed E-state index contributed by atoms with van der Waals surface area (Å²) < 4.78 is 6.02. The Hall–Kier alpha value is -0.0800. The number of likely N-dealkylation sites (N-methyl/N-ethyl adjacent to an activating group) is 1. The van der Waals surface area contributed by atoms with Crippen LogP contribution in [0.5, 0.6) is 0 Å². The number of nitrogens with one attached hydrogen (secondary N) is 1. The minimum Gasteiger partial charge on any atom is -0.374 e. The Morgan fingerprint density at radius 3 is 2.53 bits per heavy atom. The summed E-state index contributed by atoms with van der Waals surface area (Å²) >= 11 is 0. The number of hydrogen-bond acceptors (Lipinski definition) is 2. The topological polar surface area (TPSA) is 21.3 Å². The molecule has 0 radical (unpaired) electrons. The number of rotatable bonds is 5. The van der Waals surface area contributed by atoms with Crippen LogP contribution in [0.3, 0.4) is 0 Å². The molecule has 2 atom stereocenters. The Morgan fingerprint density at radius 1 is 1.33 bits per heavy atom. The maximum atomic E-state index is 6.02. The van der Waals surface area contributed by atoms with E-state index in [1.54, 1.807) is 0 Å². The molecule has 0 spiro atoms. The number of hydrogen-bond donors (Lipinski definition) is 1. The molecule has 2 heteroatoms. The highest BCUT2D eigenvalue weighted by Crippen LogP contribution is 2.30. The van der Waals surface area contributed by atoms with E-state index < -0.39 is 0 Å². The summed E-state index contributed by atoms with van der Waals surface area (Å²) in [5.41, 5.74) is 0.0680. The van der Waals surface area contributed by atoms with E-state index in [2.05, 4.69) is 33.0 Å². The third-order valence-corrected chi connectivity index (χ3v) is 3.39. The van der Waals surface area contributed by atoms with E-state index in [0.717, 1.165) is 19.1 Å². The van der Waals surface area contributed by atoms with E-state index in [0.29, 0.717) is 6.04 Å². The molecule has 1 saturated heterocycles. The second kappa shape index (κ2) is 5.86. The van der Waals surface area contributed by atoms with Crippen molar-refractivity contribution in [3.05, 3.63) is 0 Å². The normalized spacial score (nSPS) is 29.4. The average molecular weight is 213 g/mol. The van der Waals surface area contributed by atoms with Gasteiger partial charge in [-0.25, -0.2) is 0 Å². The molecule has 0 saturated carbocycles. The van der Waals surface area contributed by atoms with Gasteiger partial charge in [0.25, 0.3) is 0 Å². The van der Waals surface area contributed by atoms with Gasteiger partial charge in [0.15, 0.2) is 0 Å². The van der Waals surface area contributed by atoms with Crippen LogP contribution in [-0.4, -0.2) is 24.8 Å². The summed E-state index contributed by atoms with van der Waals surface area (Å²) in [5.74, 6) is 0.733. The molecule has 1 rings (SSSR count). The molecule has 0 bridgehead atoms. The van der Waals surface area contributed by atoms with Crippen molar-refractivity contribution in [3.63, 3.8) is 0 Å². The first-order valence-corrected chi connectivity index (χ1v) is 6.46. The highest BCUT2D eigenvalue weighted by atomic mass is 16.5. The monoisotopic (exact) mass is 213 g/mol. The standard InChI is InChI=1S/C13H27NO/c1-5-14-12(10-11(2)3)13(4)8-6-7-9-15-13/h11-12,14H,5-10H2,1-4H3. The summed E-state index contributed by atoms with van der Waals surface area (Å²) in [7, 11) is 0. The molecule has 1 N–H and O–H groups in total. The summed E-state index contributed by atoms with van der Waals surface area (Å²) in [4.78, 5) is 0. The van der Waals surface area contributed by atoms with Gasteiger partial charge in [-0.3, -0.25) is 0 Å². The van der Waals surface area contributed by atoms with Crippen molar-refractivity contribution in [3.8, 4) is 0 Å². The molecule has 0 aromatic heterocycles. The summed E-state index contributed by atoms with van der Waals surface area (Å²) in [5, 5.41) is 3.60. The van der Waals surface area contributed by atoms with Gasteiger partial charge in [0.05, 0.1) is 5.60 Å². The van der Waals surface area contributed by atoms with Gasteiger partial charge in [-0.1, -0.05) is 20.8 Å². The summed E-state index contributed by atoms with van der Waals surface area (Å²) in [6.07, 6.45) is 4.97. The fourth-order valence-electron chi connectivity index (χ4n) is 2.50. The lowest BCUT2D eigenvalue weighted by molar-refractivity contribution is -0.0917. The van der Waals surface area contributed by atoms with Gasteiger partial charge in [-0.05, 0) is 45.1 Å². The third kappa shape index (κ3) is 3.76. The number of ether oxygens (including phenoxy) is 1. The van der Waals surface area contributed by atoms with E-state index in [1.807, 2.05) is 0 Å². The fraction of sp³-hybridized carbons (Fsp3) is 1.00. The maximum absolute atomic E-state index is 6.02. The van der Waals surface area contributed by atoms with Crippen LogP contribution in [0.25, 0.3) is 0 Å². The lowest BCUT2D eigenvalue weighted by Crippen LogP contribution is -2.52. The molecule has 0 aromatic carbocycles. The fourth-order valence-corrected chi connectivity index (χ4v) is 2.50. The Balaban J connectivity index is 2.58. The molecule has 2 unspecified atom stereocenters. The van der Waals surface area contributed by atoms with Crippen molar-refractivity contribution in [2.45, 2.75) is 65.0 Å². The Kier molecular flexibility index (Phi) is 5.07. The zero-order valence-electron chi connectivity index (χ0n) is 10.8. The van der Waals surface area contributed by atoms with Crippen molar-refractivity contribution >= 4 is 0 Å². The van der Waals surface area contributed by atoms with Gasteiger partial charge >= 0.3 is 0 Å². The van der Waals surface area contributed by atoms with E-state index >= 15 is 0 Å². The van der Waals surface area contributed by atoms with Crippen molar-refractivity contribution < 1.29 is 4.74 Å². The van der Waals surface area contributed by atoms with E-state index in [9.17, 15) is 0 Å². The molecule has 1 aliphatic rings. The van der Waals surface area contributed by atoms with Crippen LogP contribution >= 0.6 is 0 Å². The predicted molar refractivity (Wildman–Crippen MR) is 65.1 cm³/mol. The molecule has 90 valence electrons. The summed E-state index contributed by atoms with van der Waals surface area (Å²) in [6, 6.07) is 0.516. The Morgan fingerprint density at radius 2 is 2.07 bits per heavy atom. The van der Waals surface area contributed by atoms with Crippen molar-refractivity contribution in [2.75, 3.05) is 13.2 Å². The van der Waals surface area contributed by atoms with Crippen LogP contribution < -0.4 is 5.32 Å². The molecule has 0 amide bonds. The first-order chi connectivity index (χ1) is 7.08. The third-order valence-electron chi connectivity index (χ3n) is 3.39. The second-order valence-corrected chi connectivity index (χ2v) is 5.36. The highest BCUT2D eigenvalue weighted by molar-refractivity contribution is 4.91. The molecule has 0 aromatic rings. The average Bonchev–Trinajstić information content (AvgIpc) is 2.18. The van der Waals surface area contributed by atoms with Gasteiger partial charge in [0.1, 0.15) is 0 Å². The lowest BCUT2D eigenvalue weighted by Gasteiger charge is -2.41. The van der Waals surface area contributed by atoms with Gasteiger partial charge in [0, 0.05) is 12.6 Å². The van der Waals surface area contributed by atoms with Crippen LogP contribution in [0.2, 0.25) is 0 Å². The van der Waals surface area contributed by atoms with Crippen molar-refractivity contribution in [1.29, 1.82) is 0 Å². The lowest BCUT2D eigenvalue weighted by atomic mass is 9.83. The van der Waals surface area contributed by atoms with E-state index in [-0.39, 0.29) is 5.60 Å². The largest absolute Gasteiger partial charge is 0.374 e. The highest BCUT2D eigenvalue weighted by Gasteiger charge is 2.36. The smallest absolute Gasteiger partial charge is 0.0806 e. The zero-order valence-corrected chi connectivity index (χ0v) is 10.8. The van der Waals surface area contributed by atoms with Crippen LogP contribution in [0.1, 0.15) is 53.4 Å². The minimum absolute atomic E-state index is 0.0680. The van der Waals surface area contributed by atoms with Crippen molar-refractivity contribution in [2.24, 2.45) is 5.92 Å². The van der Waals surface area contributed by atoms with E-state index in [4.69, 9.17) is 4.74 Å². The van der Waals surface area contributed by atoms with Gasteiger partial charge in [0.2, 0.25) is 0 Å². The van der Waals surface area contributed by atoms with Crippen molar-refractivity contribution in [1.82, 2.24) is 5.32 Å². The second-order valence-electron chi connectivity index (χ2n) is 5.36. The summed E-state index contributed by atoms with van der Waals surface area (Å²) in [6.45, 7) is 11.0. The molecule has 1 fully saturated rings. The van der Waals surface area contributed by atoms with Crippen LogP contribution in [0, 0.1) is 5.92 Å². The molecule has 15 heavy (non-hydrogen) atoms. The first-order valence-electron chi connectivity index (χ1n) is 6.46. The maximum Gasteiger partial charge on any atom is 0.0806 e. The molecular weight excluding hydrogens is 186 g/mol. The molecule has 1 aliphatic heterocycles. The van der Waals surface area contributed by atoms with Gasteiger partial charge in [-0.2, -0.15) is 0 Å². The van der Waals surface area contributed by atoms with Crippen LogP contribution in [0.15, 0.2) is 0 Å².